The molecule has 0 atom stereocenters. The third-order valence-corrected chi connectivity index (χ3v) is 7.96. The topological polar surface area (TPSA) is 75.5 Å². The van der Waals surface area contributed by atoms with E-state index in [0.717, 1.165) is 22.5 Å². The summed E-state index contributed by atoms with van der Waals surface area (Å²) in [7, 11) is -3.57. The van der Waals surface area contributed by atoms with Gasteiger partial charge in [-0.25, -0.2) is 13.1 Å². The van der Waals surface area contributed by atoms with E-state index in [0.29, 0.717) is 18.7 Å². The molecule has 1 aliphatic heterocycles. The second kappa shape index (κ2) is 9.11. The van der Waals surface area contributed by atoms with Crippen LogP contribution < -0.4 is 0 Å². The van der Waals surface area contributed by atoms with Gasteiger partial charge in [0.15, 0.2) is 0 Å². The summed E-state index contributed by atoms with van der Waals surface area (Å²) in [5, 5.41) is 4.52. The van der Waals surface area contributed by atoms with Gasteiger partial charge in [0, 0.05) is 26.2 Å². The first-order valence-electron chi connectivity index (χ1n) is 11.2. The molecule has 0 bridgehead atoms. The summed E-state index contributed by atoms with van der Waals surface area (Å²) < 4.78 is 29.3. The van der Waals surface area contributed by atoms with Crippen LogP contribution in [0.5, 0.6) is 0 Å². The van der Waals surface area contributed by atoms with Gasteiger partial charge in [-0.15, -0.1) is 0 Å². The second-order valence-electron chi connectivity index (χ2n) is 8.85. The highest BCUT2D eigenvalue weighted by Gasteiger charge is 2.32. The Bertz CT molecular complexity index is 1240. The average molecular weight is 467 g/mol. The maximum absolute atomic E-state index is 13.4. The molecule has 1 amide bonds. The Balaban J connectivity index is 1.52. The first-order valence-corrected chi connectivity index (χ1v) is 12.6. The predicted octanol–water partition coefficient (Wildman–Crippen LogP) is 3.76. The molecule has 2 heterocycles. The lowest BCUT2D eigenvalue weighted by molar-refractivity contribution is 0.0696. The van der Waals surface area contributed by atoms with Gasteiger partial charge in [-0.2, -0.15) is 9.40 Å². The van der Waals surface area contributed by atoms with E-state index >= 15 is 0 Å². The van der Waals surface area contributed by atoms with Gasteiger partial charge in [-0.05, 0) is 44.0 Å². The molecule has 7 nitrogen and oxygen atoms in total. The van der Waals surface area contributed by atoms with Crippen LogP contribution in [0.3, 0.4) is 0 Å². The fraction of sp³-hybridized carbons (Fsp3) is 0.360. The van der Waals surface area contributed by atoms with Crippen molar-refractivity contribution in [2.24, 2.45) is 0 Å². The Labute approximate surface area is 195 Å². The van der Waals surface area contributed by atoms with Crippen molar-refractivity contribution >= 4 is 15.9 Å². The van der Waals surface area contributed by atoms with Crippen LogP contribution in [-0.4, -0.2) is 59.5 Å². The van der Waals surface area contributed by atoms with E-state index in [1.54, 1.807) is 35.4 Å². The number of benzene rings is 2. The molecule has 0 N–H and O–H groups in total. The van der Waals surface area contributed by atoms with E-state index in [1.807, 2.05) is 56.6 Å². The van der Waals surface area contributed by atoms with Crippen molar-refractivity contribution in [2.75, 3.05) is 26.2 Å². The monoisotopic (exact) mass is 466 g/mol. The number of piperazine rings is 1. The second-order valence-corrected chi connectivity index (χ2v) is 10.8. The lowest BCUT2D eigenvalue weighted by Gasteiger charge is -2.34. The highest BCUT2D eigenvalue weighted by Crippen LogP contribution is 2.25. The molecule has 0 spiro atoms. The third kappa shape index (κ3) is 4.58. The maximum atomic E-state index is 13.4. The Morgan fingerprint density at radius 1 is 0.879 bits per heavy atom. The van der Waals surface area contributed by atoms with Crippen LogP contribution >= 0.6 is 0 Å². The Morgan fingerprint density at radius 3 is 1.97 bits per heavy atom. The van der Waals surface area contributed by atoms with Gasteiger partial charge < -0.3 is 4.90 Å². The van der Waals surface area contributed by atoms with Gasteiger partial charge >= 0.3 is 0 Å². The summed E-state index contributed by atoms with van der Waals surface area (Å²) in [6, 6.07) is 14.9. The van der Waals surface area contributed by atoms with Crippen LogP contribution in [0.15, 0.2) is 59.6 Å². The minimum absolute atomic E-state index is 0.0935. The van der Waals surface area contributed by atoms with Crippen LogP contribution in [0, 0.1) is 13.8 Å². The number of amides is 1. The van der Waals surface area contributed by atoms with Crippen LogP contribution in [0.1, 0.15) is 46.9 Å². The lowest BCUT2D eigenvalue weighted by Crippen LogP contribution is -2.50. The normalized spacial score (nSPS) is 15.2. The zero-order chi connectivity index (χ0) is 23.8. The highest BCUT2D eigenvalue weighted by molar-refractivity contribution is 7.89. The zero-order valence-corrected chi connectivity index (χ0v) is 20.3. The molecular weight excluding hydrogens is 436 g/mol. The van der Waals surface area contributed by atoms with Gasteiger partial charge in [-0.3, -0.25) is 4.79 Å². The van der Waals surface area contributed by atoms with Crippen molar-refractivity contribution in [3.8, 4) is 5.69 Å². The third-order valence-electron chi connectivity index (χ3n) is 6.05. The quantitative estimate of drug-likeness (QED) is 0.574. The molecule has 0 saturated carbocycles. The molecule has 1 aromatic heterocycles. The number of carbonyl (C=O) groups excluding carboxylic acids is 1. The summed E-state index contributed by atoms with van der Waals surface area (Å²) in [4.78, 5) is 15.4. The molecule has 4 rings (SSSR count). The molecule has 0 radical (unpaired) electrons. The van der Waals surface area contributed by atoms with Crippen LogP contribution in [0.2, 0.25) is 0 Å². The zero-order valence-electron chi connectivity index (χ0n) is 19.5. The minimum Gasteiger partial charge on any atom is -0.336 e. The standard InChI is InChI=1S/C25H30N4O3S/c1-18(2)24-23(17-26-29(24)21-9-5-19(3)6-10-21)25(30)27-13-15-28(16-14-27)33(31,32)22-11-7-20(4)8-12-22/h5-12,17-18H,13-16H2,1-4H3. The summed E-state index contributed by atoms with van der Waals surface area (Å²) in [6.07, 6.45) is 1.63. The van der Waals surface area contributed by atoms with E-state index in [1.165, 1.54) is 4.31 Å². The fourth-order valence-corrected chi connectivity index (χ4v) is 5.55. The van der Waals surface area contributed by atoms with Crippen molar-refractivity contribution in [1.82, 2.24) is 19.0 Å². The first-order chi connectivity index (χ1) is 15.7. The Hall–Kier alpha value is -2.97. The Kier molecular flexibility index (Phi) is 6.41. The number of aromatic nitrogens is 2. The smallest absolute Gasteiger partial charge is 0.257 e. The number of hydrogen-bond acceptors (Lipinski definition) is 4. The van der Waals surface area contributed by atoms with Crippen LogP contribution in [0.4, 0.5) is 0 Å². The number of hydrogen-bond donors (Lipinski definition) is 0. The van der Waals surface area contributed by atoms with E-state index in [2.05, 4.69) is 5.10 Å². The van der Waals surface area contributed by atoms with Crippen molar-refractivity contribution in [3.05, 3.63) is 77.1 Å². The molecule has 0 unspecified atom stereocenters. The molecule has 174 valence electrons. The van der Waals surface area contributed by atoms with Crippen molar-refractivity contribution in [1.29, 1.82) is 0 Å². The van der Waals surface area contributed by atoms with Gasteiger partial charge in [0.25, 0.3) is 5.91 Å². The molecule has 0 aliphatic carbocycles. The fourth-order valence-electron chi connectivity index (χ4n) is 4.13. The van der Waals surface area contributed by atoms with Crippen molar-refractivity contribution in [2.45, 2.75) is 38.5 Å². The molecule has 1 aliphatic rings. The van der Waals surface area contributed by atoms with Crippen LogP contribution in [-0.2, 0) is 10.0 Å². The van der Waals surface area contributed by atoms with Crippen molar-refractivity contribution in [3.63, 3.8) is 0 Å². The average Bonchev–Trinajstić information content (AvgIpc) is 3.25. The van der Waals surface area contributed by atoms with Gasteiger partial charge in [0.2, 0.25) is 10.0 Å². The minimum atomic E-state index is -3.57. The van der Waals surface area contributed by atoms with Crippen molar-refractivity contribution < 1.29 is 13.2 Å². The van der Waals surface area contributed by atoms with E-state index < -0.39 is 10.0 Å². The largest absolute Gasteiger partial charge is 0.336 e. The SMILES string of the molecule is Cc1ccc(-n2ncc(C(=O)N3CCN(S(=O)(=O)c4ccc(C)cc4)CC3)c2C(C)C)cc1. The summed E-state index contributed by atoms with van der Waals surface area (Å²) in [5.74, 6) is -0.0135. The summed E-state index contributed by atoms with van der Waals surface area (Å²) >= 11 is 0. The maximum Gasteiger partial charge on any atom is 0.257 e. The van der Waals surface area contributed by atoms with Gasteiger partial charge in [-0.1, -0.05) is 49.2 Å². The summed E-state index contributed by atoms with van der Waals surface area (Å²) in [6.45, 7) is 9.27. The molecular formula is C25H30N4O3S. The first kappa shape index (κ1) is 23.2. The molecule has 1 fully saturated rings. The molecule has 3 aromatic rings. The number of carbonyl (C=O) groups is 1. The van der Waals surface area contributed by atoms with Crippen LogP contribution in [0.25, 0.3) is 5.69 Å². The number of sulfonamides is 1. The Morgan fingerprint density at radius 2 is 1.42 bits per heavy atom. The number of nitrogens with zero attached hydrogens (tertiary/aromatic N) is 4. The molecule has 2 aromatic carbocycles. The van der Waals surface area contributed by atoms with E-state index in [4.69, 9.17) is 0 Å². The van der Waals surface area contributed by atoms with E-state index in [-0.39, 0.29) is 29.8 Å². The number of rotatable bonds is 5. The lowest BCUT2D eigenvalue weighted by atomic mass is 10.0. The molecule has 8 heteroatoms. The van der Waals surface area contributed by atoms with Gasteiger partial charge in [0.05, 0.1) is 28.0 Å². The molecule has 1 saturated heterocycles. The predicted molar refractivity (Wildman–Crippen MR) is 128 cm³/mol. The number of aryl methyl sites for hydroxylation is 2. The highest BCUT2D eigenvalue weighted by atomic mass is 32.2. The summed E-state index contributed by atoms with van der Waals surface area (Å²) in [5.41, 5.74) is 4.51. The van der Waals surface area contributed by atoms with E-state index in [9.17, 15) is 13.2 Å². The van der Waals surface area contributed by atoms with Gasteiger partial charge in [0.1, 0.15) is 0 Å². The molecule has 33 heavy (non-hydrogen) atoms.